The van der Waals surface area contributed by atoms with E-state index in [1.807, 2.05) is 47.4 Å². The zero-order valence-electron chi connectivity index (χ0n) is 19.4. The number of rotatable bonds is 8. The predicted molar refractivity (Wildman–Crippen MR) is 129 cm³/mol. The summed E-state index contributed by atoms with van der Waals surface area (Å²) >= 11 is 0. The fourth-order valence-electron chi connectivity index (χ4n) is 4.61. The number of fused-ring (bicyclic) bond motifs is 1. The molecule has 10 nitrogen and oxygen atoms in total. The first-order valence-electron chi connectivity index (χ1n) is 11.2. The highest BCUT2D eigenvalue weighted by atomic mass is 31.2. The fourth-order valence-corrected chi connectivity index (χ4v) is 5.01. The van der Waals surface area contributed by atoms with Gasteiger partial charge in [-0.3, -0.25) is 19.4 Å². The van der Waals surface area contributed by atoms with E-state index >= 15 is 0 Å². The van der Waals surface area contributed by atoms with Gasteiger partial charge in [0, 0.05) is 26.6 Å². The number of hydrogen-bond acceptors (Lipinski definition) is 6. The standard InChI is InChI=1S/C24H29N4O6P/c1-3-13-27-17-23(29)28-21(14-18-9-11-20(12-10-18)34-35(31,32)33)24(30)26(16-22(28)25(27)2)15-19-7-5-4-6-8-19/h3-12,21-22H,1,13-17H2,2H3,(H2,31,32,33)/t21-,22?/m0/s1. The zero-order chi connectivity index (χ0) is 25.2. The number of phosphoric ester groups is 1. The van der Waals surface area contributed by atoms with E-state index in [0.29, 0.717) is 19.6 Å². The molecule has 1 unspecified atom stereocenters. The molecule has 2 fully saturated rings. The van der Waals surface area contributed by atoms with Gasteiger partial charge in [0.05, 0.1) is 13.1 Å². The number of piperazine rings is 1. The van der Waals surface area contributed by atoms with Gasteiger partial charge in [0.15, 0.2) is 0 Å². The molecule has 0 bridgehead atoms. The zero-order valence-corrected chi connectivity index (χ0v) is 20.3. The summed E-state index contributed by atoms with van der Waals surface area (Å²) < 4.78 is 15.7. The minimum atomic E-state index is -4.67. The average molecular weight is 500 g/mol. The Labute approximate surface area is 204 Å². The van der Waals surface area contributed by atoms with Gasteiger partial charge in [0.25, 0.3) is 0 Å². The summed E-state index contributed by atoms with van der Waals surface area (Å²) in [7, 11) is -2.75. The molecule has 2 aliphatic heterocycles. The fraction of sp³-hybridized carbons (Fsp3) is 0.333. The number of carbonyl (C=O) groups is 2. The lowest BCUT2D eigenvalue weighted by Gasteiger charge is -2.54. The van der Waals surface area contributed by atoms with Crippen molar-refractivity contribution < 1.29 is 28.5 Å². The molecule has 0 radical (unpaired) electrons. The highest BCUT2D eigenvalue weighted by molar-refractivity contribution is 7.46. The maximum Gasteiger partial charge on any atom is 0.524 e. The van der Waals surface area contributed by atoms with Crippen molar-refractivity contribution in [3.63, 3.8) is 0 Å². The molecule has 2 atom stereocenters. The van der Waals surface area contributed by atoms with Gasteiger partial charge in [-0.05, 0) is 23.3 Å². The normalized spacial score (nSPS) is 21.7. The van der Waals surface area contributed by atoms with E-state index in [0.717, 1.165) is 11.1 Å². The molecule has 4 rings (SSSR count). The van der Waals surface area contributed by atoms with Crippen LogP contribution in [-0.4, -0.2) is 80.3 Å². The summed E-state index contributed by atoms with van der Waals surface area (Å²) in [5, 5.41) is 3.91. The molecular formula is C24H29N4O6P. The summed E-state index contributed by atoms with van der Waals surface area (Å²) in [6, 6.07) is 15.2. The van der Waals surface area contributed by atoms with Crippen molar-refractivity contribution in [2.45, 2.75) is 25.2 Å². The SMILES string of the molecule is C=CCN1CC(=O)N2C(CN(Cc3ccccc3)C(=O)[C@@H]2Cc2ccc(OP(=O)(O)O)cc2)N1C. The topological polar surface area (TPSA) is 114 Å². The Kier molecular flexibility index (Phi) is 7.39. The van der Waals surface area contributed by atoms with Gasteiger partial charge in [-0.25, -0.2) is 14.6 Å². The molecule has 0 aliphatic carbocycles. The Morgan fingerprint density at radius 3 is 2.40 bits per heavy atom. The van der Waals surface area contributed by atoms with Crippen molar-refractivity contribution in [1.29, 1.82) is 0 Å². The summed E-state index contributed by atoms with van der Waals surface area (Å²) in [6.45, 7) is 5.25. The first-order valence-corrected chi connectivity index (χ1v) is 12.8. The summed E-state index contributed by atoms with van der Waals surface area (Å²) in [4.78, 5) is 48.4. The van der Waals surface area contributed by atoms with E-state index in [2.05, 4.69) is 11.1 Å². The maximum atomic E-state index is 13.7. The van der Waals surface area contributed by atoms with Gasteiger partial charge in [-0.1, -0.05) is 48.5 Å². The van der Waals surface area contributed by atoms with Crippen LogP contribution in [0.4, 0.5) is 0 Å². The number of hydrogen-bond donors (Lipinski definition) is 2. The maximum absolute atomic E-state index is 13.7. The molecular weight excluding hydrogens is 471 g/mol. The first-order chi connectivity index (χ1) is 16.7. The second kappa shape index (κ2) is 10.3. The van der Waals surface area contributed by atoms with Crippen molar-refractivity contribution >= 4 is 19.6 Å². The molecule has 11 heteroatoms. The van der Waals surface area contributed by atoms with E-state index < -0.39 is 13.9 Å². The van der Waals surface area contributed by atoms with Gasteiger partial charge in [-0.15, -0.1) is 6.58 Å². The van der Waals surface area contributed by atoms with Gasteiger partial charge in [0.2, 0.25) is 11.8 Å². The summed E-state index contributed by atoms with van der Waals surface area (Å²) in [5.74, 6) is -0.247. The average Bonchev–Trinajstić information content (AvgIpc) is 2.81. The third-order valence-corrected chi connectivity index (χ3v) is 6.70. The molecule has 2 aromatic rings. The van der Waals surface area contributed by atoms with Crippen LogP contribution in [0.2, 0.25) is 0 Å². The minimum Gasteiger partial charge on any atom is -0.404 e. The molecule has 2 N–H and O–H groups in total. The molecule has 2 saturated heterocycles. The van der Waals surface area contributed by atoms with Crippen molar-refractivity contribution in [2.24, 2.45) is 0 Å². The van der Waals surface area contributed by atoms with Crippen LogP contribution in [0, 0.1) is 0 Å². The molecule has 2 heterocycles. The lowest BCUT2D eigenvalue weighted by Crippen LogP contribution is -2.74. The summed E-state index contributed by atoms with van der Waals surface area (Å²) in [5.41, 5.74) is 1.74. The van der Waals surface area contributed by atoms with Crippen LogP contribution in [-0.2, 0) is 27.1 Å². The molecule has 35 heavy (non-hydrogen) atoms. The minimum absolute atomic E-state index is 0.0227. The van der Waals surface area contributed by atoms with Gasteiger partial charge in [-0.2, -0.15) is 0 Å². The van der Waals surface area contributed by atoms with Crippen molar-refractivity contribution in [3.8, 4) is 5.75 Å². The highest BCUT2D eigenvalue weighted by Crippen LogP contribution is 2.37. The van der Waals surface area contributed by atoms with Crippen LogP contribution < -0.4 is 4.52 Å². The molecule has 2 aliphatic rings. The highest BCUT2D eigenvalue weighted by Gasteiger charge is 2.48. The number of benzene rings is 2. The smallest absolute Gasteiger partial charge is 0.404 e. The van der Waals surface area contributed by atoms with Crippen molar-refractivity contribution in [2.75, 3.05) is 26.7 Å². The Morgan fingerprint density at radius 1 is 1.09 bits per heavy atom. The Balaban J connectivity index is 1.62. The van der Waals surface area contributed by atoms with Crippen LogP contribution in [0.5, 0.6) is 5.75 Å². The number of phosphoric acid groups is 1. The number of likely N-dealkylation sites (N-methyl/N-ethyl adjacent to an activating group) is 1. The van der Waals surface area contributed by atoms with E-state index in [-0.39, 0.29) is 36.7 Å². The third kappa shape index (κ3) is 5.80. The van der Waals surface area contributed by atoms with Crippen molar-refractivity contribution in [3.05, 3.63) is 78.4 Å². The van der Waals surface area contributed by atoms with Crippen molar-refractivity contribution in [1.82, 2.24) is 19.8 Å². The lowest BCUT2D eigenvalue weighted by molar-refractivity contribution is -0.196. The second-order valence-electron chi connectivity index (χ2n) is 8.64. The van der Waals surface area contributed by atoms with E-state index in [1.165, 1.54) is 12.1 Å². The van der Waals surface area contributed by atoms with Crippen LogP contribution in [0.25, 0.3) is 0 Å². The lowest BCUT2D eigenvalue weighted by atomic mass is 9.98. The number of nitrogens with zero attached hydrogens (tertiary/aromatic N) is 4. The second-order valence-corrected chi connectivity index (χ2v) is 9.80. The third-order valence-electron chi connectivity index (χ3n) is 6.25. The molecule has 0 aromatic heterocycles. The molecule has 0 spiro atoms. The quantitative estimate of drug-likeness (QED) is 0.415. The number of amides is 2. The Morgan fingerprint density at radius 2 is 1.77 bits per heavy atom. The van der Waals surface area contributed by atoms with Gasteiger partial charge in [0.1, 0.15) is 18.0 Å². The Bertz CT molecular complexity index is 1120. The van der Waals surface area contributed by atoms with Gasteiger partial charge >= 0.3 is 7.82 Å². The molecule has 2 aromatic carbocycles. The number of carbonyl (C=O) groups excluding carboxylic acids is 2. The summed E-state index contributed by atoms with van der Waals surface area (Å²) in [6.07, 6.45) is 1.67. The van der Waals surface area contributed by atoms with Crippen LogP contribution >= 0.6 is 7.82 Å². The first kappa shape index (κ1) is 25.1. The van der Waals surface area contributed by atoms with E-state index in [1.54, 1.807) is 28.0 Å². The largest absolute Gasteiger partial charge is 0.524 e. The number of hydrazine groups is 1. The molecule has 0 saturated carbocycles. The van der Waals surface area contributed by atoms with Crippen LogP contribution in [0.15, 0.2) is 67.3 Å². The van der Waals surface area contributed by atoms with Crippen LogP contribution in [0.3, 0.4) is 0 Å². The monoisotopic (exact) mass is 500 g/mol. The molecule has 2 amide bonds. The van der Waals surface area contributed by atoms with E-state index in [9.17, 15) is 14.2 Å². The van der Waals surface area contributed by atoms with Gasteiger partial charge < -0.3 is 14.3 Å². The molecule has 186 valence electrons. The van der Waals surface area contributed by atoms with E-state index in [4.69, 9.17) is 9.79 Å². The van der Waals surface area contributed by atoms with Crippen LogP contribution in [0.1, 0.15) is 11.1 Å². The predicted octanol–water partition coefficient (Wildman–Crippen LogP) is 1.61. The Hall–Kier alpha value is -3.01.